The molecule has 0 radical (unpaired) electrons. The van der Waals surface area contributed by atoms with Crippen molar-refractivity contribution in [1.82, 2.24) is 9.55 Å². The lowest BCUT2D eigenvalue weighted by Crippen LogP contribution is -2.20. The van der Waals surface area contributed by atoms with Crippen LogP contribution in [-0.4, -0.2) is 34.6 Å². The van der Waals surface area contributed by atoms with E-state index < -0.39 is 18.9 Å². The van der Waals surface area contributed by atoms with Crippen LogP contribution in [0.1, 0.15) is 49.3 Å². The van der Waals surface area contributed by atoms with Gasteiger partial charge in [-0.1, -0.05) is 37.3 Å². The summed E-state index contributed by atoms with van der Waals surface area (Å²) in [6.07, 6.45) is 2.53. The Balaban J connectivity index is 1.93. The molecule has 7 nitrogen and oxygen atoms in total. The number of ether oxygens (including phenoxy) is 3. The van der Waals surface area contributed by atoms with Crippen molar-refractivity contribution < 1.29 is 23.8 Å². The van der Waals surface area contributed by atoms with Gasteiger partial charge in [0.1, 0.15) is 11.8 Å². The molecule has 7 heteroatoms. The molecule has 0 aliphatic rings. The van der Waals surface area contributed by atoms with Crippen LogP contribution in [0.3, 0.4) is 0 Å². The number of carbonyl (C=O) groups excluding carboxylic acids is 2. The zero-order chi connectivity index (χ0) is 18.2. The van der Waals surface area contributed by atoms with E-state index in [0.717, 1.165) is 5.56 Å². The molecule has 0 saturated heterocycles. The summed E-state index contributed by atoms with van der Waals surface area (Å²) in [5, 5.41) is 0. The summed E-state index contributed by atoms with van der Waals surface area (Å²) >= 11 is 0. The van der Waals surface area contributed by atoms with Gasteiger partial charge in [0.25, 0.3) is 0 Å². The first kappa shape index (κ1) is 18.5. The lowest BCUT2D eigenvalue weighted by molar-refractivity contribution is -0.0373. The fraction of sp³-hybridized carbons (Fsp3) is 0.389. The largest absolute Gasteiger partial charge is 0.511 e. The minimum atomic E-state index is -0.867. The lowest BCUT2D eigenvalue weighted by atomic mass is 10.1. The van der Waals surface area contributed by atoms with Gasteiger partial charge in [-0.15, -0.1) is 0 Å². The SMILES string of the molecule is CCC(C)OC(=O)OCOC(=O)c1cncn1[C@H](C)c1ccccc1. The first-order valence-corrected chi connectivity index (χ1v) is 8.10. The average molecular weight is 346 g/mol. The molecule has 0 bridgehead atoms. The molecule has 0 fully saturated rings. The number of esters is 1. The predicted molar refractivity (Wildman–Crippen MR) is 90.1 cm³/mol. The van der Waals surface area contributed by atoms with Gasteiger partial charge >= 0.3 is 12.1 Å². The van der Waals surface area contributed by atoms with Crippen molar-refractivity contribution in [3.8, 4) is 0 Å². The van der Waals surface area contributed by atoms with E-state index in [4.69, 9.17) is 14.2 Å². The summed E-state index contributed by atoms with van der Waals surface area (Å²) in [6, 6.07) is 9.62. The van der Waals surface area contributed by atoms with Crippen molar-refractivity contribution in [3.63, 3.8) is 0 Å². The highest BCUT2D eigenvalue weighted by molar-refractivity contribution is 5.87. The number of hydrogen-bond acceptors (Lipinski definition) is 6. The molecule has 0 aliphatic heterocycles. The number of imidazole rings is 1. The number of carbonyl (C=O) groups is 2. The van der Waals surface area contributed by atoms with E-state index in [0.29, 0.717) is 6.42 Å². The summed E-state index contributed by atoms with van der Waals surface area (Å²) in [5.74, 6) is -0.628. The molecule has 1 aromatic heterocycles. The van der Waals surface area contributed by atoms with Gasteiger partial charge in [0, 0.05) is 0 Å². The van der Waals surface area contributed by atoms with Crippen LogP contribution in [0, 0.1) is 0 Å². The normalized spacial score (nSPS) is 12.9. The smallest absolute Gasteiger partial charge is 0.431 e. The Morgan fingerprint density at radius 3 is 2.56 bits per heavy atom. The van der Waals surface area contributed by atoms with Crippen LogP contribution in [0.5, 0.6) is 0 Å². The Hall–Kier alpha value is -2.83. The van der Waals surface area contributed by atoms with Crippen molar-refractivity contribution in [2.75, 3.05) is 6.79 Å². The molecule has 1 aromatic carbocycles. The van der Waals surface area contributed by atoms with E-state index in [9.17, 15) is 9.59 Å². The molecule has 0 saturated carbocycles. The third-order valence-corrected chi connectivity index (χ3v) is 3.81. The van der Waals surface area contributed by atoms with Gasteiger partial charge in [-0.25, -0.2) is 14.6 Å². The maximum atomic E-state index is 12.2. The molecule has 0 spiro atoms. The van der Waals surface area contributed by atoms with E-state index in [1.165, 1.54) is 6.20 Å². The minimum Gasteiger partial charge on any atom is -0.431 e. The van der Waals surface area contributed by atoms with Crippen molar-refractivity contribution in [1.29, 1.82) is 0 Å². The fourth-order valence-electron chi connectivity index (χ4n) is 2.15. The highest BCUT2D eigenvalue weighted by Gasteiger charge is 2.19. The molecule has 0 N–H and O–H groups in total. The van der Waals surface area contributed by atoms with E-state index in [1.807, 2.05) is 44.2 Å². The molecule has 1 unspecified atom stereocenters. The highest BCUT2D eigenvalue weighted by Crippen LogP contribution is 2.19. The van der Waals surface area contributed by atoms with Crippen LogP contribution < -0.4 is 0 Å². The number of aromatic nitrogens is 2. The van der Waals surface area contributed by atoms with Gasteiger partial charge in [0.05, 0.1) is 18.6 Å². The van der Waals surface area contributed by atoms with Crippen LogP contribution in [0.25, 0.3) is 0 Å². The summed E-state index contributed by atoms with van der Waals surface area (Å²) in [4.78, 5) is 27.6. The van der Waals surface area contributed by atoms with Crippen molar-refractivity contribution >= 4 is 12.1 Å². The first-order valence-electron chi connectivity index (χ1n) is 8.10. The van der Waals surface area contributed by atoms with Crippen LogP contribution in [0.2, 0.25) is 0 Å². The van der Waals surface area contributed by atoms with E-state index >= 15 is 0 Å². The van der Waals surface area contributed by atoms with Crippen LogP contribution in [-0.2, 0) is 14.2 Å². The van der Waals surface area contributed by atoms with Crippen LogP contribution >= 0.6 is 0 Å². The van der Waals surface area contributed by atoms with E-state index in [1.54, 1.807) is 17.8 Å². The van der Waals surface area contributed by atoms with E-state index in [2.05, 4.69) is 4.98 Å². The minimum absolute atomic E-state index is 0.0949. The van der Waals surface area contributed by atoms with Crippen molar-refractivity contribution in [2.45, 2.75) is 39.3 Å². The Morgan fingerprint density at radius 1 is 1.16 bits per heavy atom. The summed E-state index contributed by atoms with van der Waals surface area (Å²) in [5.41, 5.74) is 1.30. The molecular formula is C18H22N2O5. The molecule has 2 atom stereocenters. The quantitative estimate of drug-likeness (QED) is 0.563. The van der Waals surface area contributed by atoms with Gasteiger partial charge < -0.3 is 18.8 Å². The van der Waals surface area contributed by atoms with Crippen molar-refractivity contribution in [2.24, 2.45) is 0 Å². The maximum Gasteiger partial charge on any atom is 0.511 e. The van der Waals surface area contributed by atoms with Crippen molar-refractivity contribution in [3.05, 3.63) is 54.1 Å². The predicted octanol–water partition coefficient (Wildman–Crippen LogP) is 3.56. The Bertz CT molecular complexity index is 699. The number of nitrogens with zero attached hydrogens (tertiary/aromatic N) is 2. The molecular weight excluding hydrogens is 324 g/mol. The second-order valence-electron chi connectivity index (χ2n) is 5.55. The zero-order valence-corrected chi connectivity index (χ0v) is 14.5. The molecule has 2 aromatic rings. The number of hydrogen-bond donors (Lipinski definition) is 0. The Morgan fingerprint density at radius 2 is 1.88 bits per heavy atom. The summed E-state index contributed by atoms with van der Waals surface area (Å²) in [6.45, 7) is 5.07. The number of benzene rings is 1. The van der Waals surface area contributed by atoms with E-state index in [-0.39, 0.29) is 17.8 Å². The fourth-order valence-corrected chi connectivity index (χ4v) is 2.15. The monoisotopic (exact) mass is 346 g/mol. The molecule has 134 valence electrons. The first-order chi connectivity index (χ1) is 12.0. The number of rotatable bonds is 7. The summed E-state index contributed by atoms with van der Waals surface area (Å²) in [7, 11) is 0. The Kier molecular flexibility index (Phi) is 6.56. The van der Waals surface area contributed by atoms with Gasteiger partial charge in [-0.05, 0) is 25.8 Å². The maximum absolute atomic E-state index is 12.2. The van der Waals surface area contributed by atoms with Gasteiger partial charge in [-0.2, -0.15) is 0 Å². The van der Waals surface area contributed by atoms with Gasteiger partial charge in [0.2, 0.25) is 6.79 Å². The lowest BCUT2D eigenvalue weighted by Gasteiger charge is -2.16. The average Bonchev–Trinajstić information content (AvgIpc) is 3.11. The van der Waals surface area contributed by atoms with Gasteiger partial charge in [-0.3, -0.25) is 0 Å². The molecule has 25 heavy (non-hydrogen) atoms. The topological polar surface area (TPSA) is 79.7 Å². The molecule has 0 amide bonds. The molecule has 1 heterocycles. The Labute approximate surface area is 146 Å². The van der Waals surface area contributed by atoms with Gasteiger partial charge in [0.15, 0.2) is 0 Å². The highest BCUT2D eigenvalue weighted by atomic mass is 16.8. The molecule has 0 aliphatic carbocycles. The molecule has 2 rings (SSSR count). The zero-order valence-electron chi connectivity index (χ0n) is 14.5. The third kappa shape index (κ3) is 5.07. The van der Waals surface area contributed by atoms with Crippen LogP contribution in [0.4, 0.5) is 4.79 Å². The third-order valence-electron chi connectivity index (χ3n) is 3.81. The second-order valence-corrected chi connectivity index (χ2v) is 5.55. The summed E-state index contributed by atoms with van der Waals surface area (Å²) < 4.78 is 16.3. The van der Waals surface area contributed by atoms with Crippen LogP contribution in [0.15, 0.2) is 42.9 Å². The second kappa shape index (κ2) is 8.86. The standard InChI is InChI=1S/C18H22N2O5/c1-4-13(2)25-18(22)24-12-23-17(21)16-10-19-11-20(16)14(3)15-8-6-5-7-9-15/h5-11,13-14H,4,12H2,1-3H3/t13?,14-/m1/s1.